The zero-order chi connectivity index (χ0) is 17.6. The van der Waals surface area contributed by atoms with Gasteiger partial charge in [-0.3, -0.25) is 9.89 Å². The van der Waals surface area contributed by atoms with Crippen LogP contribution in [-0.2, 0) is 6.42 Å². The second kappa shape index (κ2) is 7.79. The average Bonchev–Trinajstić information content (AvgIpc) is 3.11. The number of hydrogen-bond donors (Lipinski definition) is 2. The predicted octanol–water partition coefficient (Wildman–Crippen LogP) is 4.14. The van der Waals surface area contributed by atoms with Gasteiger partial charge in [-0.25, -0.2) is 0 Å². The fourth-order valence-electron chi connectivity index (χ4n) is 2.80. The van der Waals surface area contributed by atoms with Crippen molar-refractivity contribution in [2.75, 3.05) is 0 Å². The molecule has 0 aliphatic rings. The Kier molecular flexibility index (Phi) is 5.29. The minimum Gasteiger partial charge on any atom is -0.349 e. The van der Waals surface area contributed by atoms with E-state index in [0.29, 0.717) is 5.56 Å². The van der Waals surface area contributed by atoms with E-state index in [1.165, 1.54) is 11.1 Å². The van der Waals surface area contributed by atoms with Crippen LogP contribution in [0.4, 0.5) is 0 Å². The Hall–Kier alpha value is -2.88. The van der Waals surface area contributed by atoms with E-state index in [1.54, 1.807) is 6.20 Å². The topological polar surface area (TPSA) is 57.8 Å². The van der Waals surface area contributed by atoms with Gasteiger partial charge in [-0.15, -0.1) is 0 Å². The number of nitrogens with one attached hydrogen (secondary N) is 2. The molecule has 2 N–H and O–H groups in total. The Balaban J connectivity index is 1.63. The van der Waals surface area contributed by atoms with E-state index in [9.17, 15) is 4.79 Å². The molecule has 0 spiro atoms. The van der Waals surface area contributed by atoms with E-state index in [0.717, 1.165) is 24.1 Å². The summed E-state index contributed by atoms with van der Waals surface area (Å²) < 4.78 is 0. The highest BCUT2D eigenvalue weighted by Gasteiger charge is 2.17. The van der Waals surface area contributed by atoms with Crippen LogP contribution in [0.5, 0.6) is 0 Å². The van der Waals surface area contributed by atoms with Crippen LogP contribution in [0.1, 0.15) is 34.8 Å². The van der Waals surface area contributed by atoms with Gasteiger partial charge in [0, 0.05) is 11.6 Å². The van der Waals surface area contributed by atoms with Gasteiger partial charge in [0.25, 0.3) is 5.91 Å². The van der Waals surface area contributed by atoms with E-state index in [-0.39, 0.29) is 11.9 Å². The van der Waals surface area contributed by atoms with Gasteiger partial charge in [-0.05, 0) is 32.3 Å². The third-order valence-corrected chi connectivity index (χ3v) is 4.31. The summed E-state index contributed by atoms with van der Waals surface area (Å²) in [5.41, 5.74) is 4.77. The molecule has 4 nitrogen and oxygen atoms in total. The number of carbonyl (C=O) groups is 1. The molecule has 0 saturated heterocycles. The molecule has 0 aliphatic carbocycles. The molecule has 0 radical (unpaired) electrons. The number of nitrogens with zero attached hydrogens (tertiary/aromatic N) is 1. The molecule has 1 heterocycles. The highest BCUT2D eigenvalue weighted by molar-refractivity contribution is 5.99. The summed E-state index contributed by atoms with van der Waals surface area (Å²) in [4.78, 5) is 12.6. The third kappa shape index (κ3) is 4.35. The monoisotopic (exact) mass is 333 g/mol. The molecular formula is C21H23N3O. The average molecular weight is 333 g/mol. The summed E-state index contributed by atoms with van der Waals surface area (Å²) in [6.07, 6.45) is 3.43. The van der Waals surface area contributed by atoms with Gasteiger partial charge in [-0.2, -0.15) is 5.10 Å². The molecule has 128 valence electrons. The lowest BCUT2D eigenvalue weighted by Gasteiger charge is -2.14. The highest BCUT2D eigenvalue weighted by Crippen LogP contribution is 2.21. The quantitative estimate of drug-likeness (QED) is 0.712. The van der Waals surface area contributed by atoms with Crippen molar-refractivity contribution < 1.29 is 4.79 Å². The summed E-state index contributed by atoms with van der Waals surface area (Å²) in [6.45, 7) is 4.07. The summed E-state index contributed by atoms with van der Waals surface area (Å²) in [5, 5.41) is 10.1. The van der Waals surface area contributed by atoms with Gasteiger partial charge >= 0.3 is 0 Å². The van der Waals surface area contributed by atoms with Crippen molar-refractivity contribution in [2.24, 2.45) is 0 Å². The van der Waals surface area contributed by atoms with Crippen molar-refractivity contribution in [3.8, 4) is 11.3 Å². The molecule has 25 heavy (non-hydrogen) atoms. The van der Waals surface area contributed by atoms with Crippen LogP contribution < -0.4 is 5.32 Å². The molecule has 0 fully saturated rings. The maximum atomic E-state index is 12.6. The molecule has 1 aromatic heterocycles. The lowest BCUT2D eigenvalue weighted by Crippen LogP contribution is -2.33. The van der Waals surface area contributed by atoms with Crippen LogP contribution in [0.15, 0.2) is 60.8 Å². The number of benzene rings is 2. The molecule has 0 saturated carbocycles. The maximum absolute atomic E-state index is 12.6. The number of aromatic nitrogens is 2. The second-order valence-corrected chi connectivity index (χ2v) is 6.42. The number of hydrogen-bond acceptors (Lipinski definition) is 2. The number of H-pyrrole nitrogens is 1. The molecule has 0 bridgehead atoms. The van der Waals surface area contributed by atoms with Crippen molar-refractivity contribution in [2.45, 2.75) is 32.7 Å². The molecule has 4 heteroatoms. The number of amides is 1. The van der Waals surface area contributed by atoms with Gasteiger partial charge in [0.2, 0.25) is 0 Å². The van der Waals surface area contributed by atoms with E-state index < -0.39 is 0 Å². The fraction of sp³-hybridized carbons (Fsp3) is 0.238. The Morgan fingerprint density at radius 1 is 1.12 bits per heavy atom. The third-order valence-electron chi connectivity index (χ3n) is 4.31. The SMILES string of the molecule is Cc1ccc(-c2[nH]ncc2C(=O)NC(C)CCc2ccccc2)cc1. The number of rotatable bonds is 6. The minimum atomic E-state index is -0.0927. The van der Waals surface area contributed by atoms with Crippen molar-refractivity contribution in [3.63, 3.8) is 0 Å². The summed E-state index contributed by atoms with van der Waals surface area (Å²) in [5.74, 6) is -0.0927. The maximum Gasteiger partial charge on any atom is 0.255 e. The van der Waals surface area contributed by atoms with E-state index in [1.807, 2.05) is 56.3 Å². The van der Waals surface area contributed by atoms with Crippen LogP contribution in [0.2, 0.25) is 0 Å². The lowest BCUT2D eigenvalue weighted by molar-refractivity contribution is 0.0939. The summed E-state index contributed by atoms with van der Waals surface area (Å²) >= 11 is 0. The molecule has 0 aliphatic heterocycles. The summed E-state index contributed by atoms with van der Waals surface area (Å²) in [6, 6.07) is 18.5. The smallest absolute Gasteiger partial charge is 0.255 e. The molecular weight excluding hydrogens is 310 g/mol. The first-order valence-electron chi connectivity index (χ1n) is 8.58. The largest absolute Gasteiger partial charge is 0.349 e. The van der Waals surface area contributed by atoms with Crippen molar-refractivity contribution in [3.05, 3.63) is 77.5 Å². The van der Waals surface area contributed by atoms with Crippen LogP contribution in [0.25, 0.3) is 11.3 Å². The van der Waals surface area contributed by atoms with Crippen molar-refractivity contribution >= 4 is 5.91 Å². The number of carbonyl (C=O) groups excluding carboxylic acids is 1. The van der Waals surface area contributed by atoms with Gasteiger partial charge in [-0.1, -0.05) is 60.2 Å². The lowest BCUT2D eigenvalue weighted by atomic mass is 10.0. The molecule has 1 unspecified atom stereocenters. The summed E-state index contributed by atoms with van der Waals surface area (Å²) in [7, 11) is 0. The van der Waals surface area contributed by atoms with E-state index in [4.69, 9.17) is 0 Å². The highest BCUT2D eigenvalue weighted by atomic mass is 16.1. The fourth-order valence-corrected chi connectivity index (χ4v) is 2.80. The Morgan fingerprint density at radius 2 is 1.84 bits per heavy atom. The molecule has 3 rings (SSSR count). The predicted molar refractivity (Wildman–Crippen MR) is 100 cm³/mol. The van der Waals surface area contributed by atoms with Gasteiger partial charge < -0.3 is 5.32 Å². The Morgan fingerprint density at radius 3 is 2.56 bits per heavy atom. The molecule has 1 amide bonds. The Labute approximate surface area is 148 Å². The first-order valence-corrected chi connectivity index (χ1v) is 8.58. The van der Waals surface area contributed by atoms with Gasteiger partial charge in [0.05, 0.1) is 17.5 Å². The van der Waals surface area contributed by atoms with Crippen molar-refractivity contribution in [1.82, 2.24) is 15.5 Å². The van der Waals surface area contributed by atoms with Crippen LogP contribution in [-0.4, -0.2) is 22.1 Å². The standard InChI is InChI=1S/C21H23N3O/c1-15-8-12-18(13-9-15)20-19(14-22-24-20)21(25)23-16(2)10-11-17-6-4-3-5-7-17/h3-9,12-14,16H,10-11H2,1-2H3,(H,22,24)(H,23,25). The zero-order valence-electron chi connectivity index (χ0n) is 14.6. The zero-order valence-corrected chi connectivity index (χ0v) is 14.6. The van der Waals surface area contributed by atoms with E-state index >= 15 is 0 Å². The first-order chi connectivity index (χ1) is 12.1. The number of aromatic amines is 1. The second-order valence-electron chi connectivity index (χ2n) is 6.42. The first kappa shape index (κ1) is 17.0. The normalized spacial score (nSPS) is 11.9. The molecule has 3 aromatic rings. The molecule has 2 aromatic carbocycles. The number of aryl methyl sites for hydroxylation is 2. The molecule has 1 atom stereocenters. The van der Waals surface area contributed by atoms with Crippen LogP contribution in [0.3, 0.4) is 0 Å². The van der Waals surface area contributed by atoms with Crippen LogP contribution in [0, 0.1) is 6.92 Å². The van der Waals surface area contributed by atoms with Gasteiger partial charge in [0.1, 0.15) is 0 Å². The van der Waals surface area contributed by atoms with Crippen LogP contribution >= 0.6 is 0 Å². The van der Waals surface area contributed by atoms with Crippen molar-refractivity contribution in [1.29, 1.82) is 0 Å². The van der Waals surface area contributed by atoms with E-state index in [2.05, 4.69) is 27.6 Å². The van der Waals surface area contributed by atoms with Gasteiger partial charge in [0.15, 0.2) is 0 Å². The Bertz CT molecular complexity index is 822. The minimum absolute atomic E-state index is 0.0912.